The Morgan fingerprint density at radius 2 is 2.20 bits per heavy atom. The fourth-order valence-electron chi connectivity index (χ4n) is 2.13. The second-order valence-electron chi connectivity index (χ2n) is 3.75. The normalized spacial score (nSPS) is 18.7. The van der Waals surface area contributed by atoms with Crippen molar-refractivity contribution >= 4 is 17.9 Å². The van der Waals surface area contributed by atoms with Crippen molar-refractivity contribution in [1.82, 2.24) is 0 Å². The van der Waals surface area contributed by atoms with E-state index in [1.54, 1.807) is 6.08 Å². The molecule has 0 bridgehead atoms. The molecule has 1 aliphatic rings. The predicted molar refractivity (Wildman–Crippen MR) is 63.6 cm³/mol. The first-order valence-corrected chi connectivity index (χ1v) is 5.25. The molecule has 0 spiro atoms. The van der Waals surface area contributed by atoms with Gasteiger partial charge in [-0.2, -0.15) is 0 Å². The number of carbonyl (C=O) groups is 1. The maximum absolute atomic E-state index is 11.7. The van der Waals surface area contributed by atoms with Gasteiger partial charge in [-0.15, -0.1) is 0 Å². The minimum absolute atomic E-state index is 0.0323. The summed E-state index contributed by atoms with van der Waals surface area (Å²) in [5, 5.41) is 0. The van der Waals surface area contributed by atoms with E-state index in [0.717, 1.165) is 23.1 Å². The quantitative estimate of drug-likeness (QED) is 0.711. The molecule has 1 unspecified atom stereocenters. The average molecular weight is 198 g/mol. The summed E-state index contributed by atoms with van der Waals surface area (Å²) in [4.78, 5) is 11.7. The average Bonchev–Trinajstić information content (AvgIpc) is 2.28. The topological polar surface area (TPSA) is 17.1 Å². The summed E-state index contributed by atoms with van der Waals surface area (Å²) in [5.41, 5.74) is 3.40. The Morgan fingerprint density at radius 3 is 2.87 bits per heavy atom. The Kier molecular flexibility index (Phi) is 2.55. The van der Waals surface area contributed by atoms with Gasteiger partial charge in [0.05, 0.1) is 0 Å². The molecule has 0 saturated heterocycles. The minimum atomic E-state index is 0.0323. The molecule has 1 aromatic carbocycles. The summed E-state index contributed by atoms with van der Waals surface area (Å²) in [6.45, 7) is 5.84. The molecule has 1 aromatic rings. The van der Waals surface area contributed by atoms with Crippen molar-refractivity contribution in [3.63, 3.8) is 0 Å². The van der Waals surface area contributed by atoms with Gasteiger partial charge in [-0.25, -0.2) is 0 Å². The van der Waals surface area contributed by atoms with Crippen molar-refractivity contribution in [3.8, 4) is 0 Å². The highest BCUT2D eigenvalue weighted by Gasteiger charge is 2.22. The second kappa shape index (κ2) is 3.85. The highest BCUT2D eigenvalue weighted by atomic mass is 16.1. The van der Waals surface area contributed by atoms with Gasteiger partial charge in [0.1, 0.15) is 0 Å². The molecule has 0 aromatic heterocycles. The van der Waals surface area contributed by atoms with Crippen LogP contribution in [0.5, 0.6) is 0 Å². The minimum Gasteiger partial charge on any atom is -0.294 e. The molecule has 2 rings (SSSR count). The van der Waals surface area contributed by atoms with E-state index in [0.29, 0.717) is 0 Å². The van der Waals surface area contributed by atoms with Crippen LogP contribution in [0.15, 0.2) is 30.9 Å². The van der Waals surface area contributed by atoms with Crippen molar-refractivity contribution in [3.05, 3.63) is 47.5 Å². The largest absolute Gasteiger partial charge is 0.294 e. The highest BCUT2D eigenvalue weighted by molar-refractivity contribution is 6.02. The van der Waals surface area contributed by atoms with E-state index in [1.807, 2.05) is 37.3 Å². The van der Waals surface area contributed by atoms with Crippen molar-refractivity contribution in [2.75, 3.05) is 0 Å². The Balaban J connectivity index is 2.62. The molecular formula is C14H14O. The van der Waals surface area contributed by atoms with Crippen LogP contribution >= 0.6 is 0 Å². The van der Waals surface area contributed by atoms with Crippen LogP contribution < -0.4 is 0 Å². The first-order valence-electron chi connectivity index (χ1n) is 5.25. The van der Waals surface area contributed by atoms with E-state index in [9.17, 15) is 4.79 Å². The molecule has 0 radical (unpaired) electrons. The number of rotatable bonds is 2. The molecule has 1 aliphatic carbocycles. The molecule has 0 aliphatic heterocycles. The first-order chi connectivity index (χ1) is 7.27. The number of allylic oxidation sites excluding steroid dienone is 1. The summed E-state index contributed by atoms with van der Waals surface area (Å²) >= 11 is 0. The number of hydrogen-bond donors (Lipinski definition) is 0. The lowest BCUT2D eigenvalue weighted by molar-refractivity contribution is -0.116. The van der Waals surface area contributed by atoms with Crippen LogP contribution in [-0.2, 0) is 4.79 Å². The number of fused-ring (bicyclic) bond motifs is 1. The molecule has 0 amide bonds. The van der Waals surface area contributed by atoms with Crippen LogP contribution in [0.4, 0.5) is 0 Å². The lowest BCUT2D eigenvalue weighted by Crippen LogP contribution is -2.14. The Bertz CT molecular complexity index is 441. The van der Waals surface area contributed by atoms with E-state index in [-0.39, 0.29) is 11.7 Å². The molecule has 15 heavy (non-hydrogen) atoms. The van der Waals surface area contributed by atoms with Crippen molar-refractivity contribution in [2.24, 2.45) is 0 Å². The number of carbonyl (C=O) groups excluding carboxylic acids is 1. The zero-order valence-electron chi connectivity index (χ0n) is 8.86. The summed E-state index contributed by atoms with van der Waals surface area (Å²) in [5.74, 6) is 0.246. The second-order valence-corrected chi connectivity index (χ2v) is 3.75. The molecule has 0 fully saturated rings. The van der Waals surface area contributed by atoms with Crippen molar-refractivity contribution < 1.29 is 4.79 Å². The van der Waals surface area contributed by atoms with E-state index < -0.39 is 0 Å². The maximum Gasteiger partial charge on any atom is 0.163 e. The predicted octanol–water partition coefficient (Wildman–Crippen LogP) is 3.42. The fraction of sp³-hybridized carbons (Fsp3) is 0.214. The van der Waals surface area contributed by atoms with Gasteiger partial charge in [-0.05, 0) is 29.2 Å². The molecule has 1 nitrogen and oxygen atoms in total. The lowest BCUT2D eigenvalue weighted by atomic mass is 9.82. The zero-order chi connectivity index (χ0) is 10.8. The van der Waals surface area contributed by atoms with Crippen LogP contribution in [0.1, 0.15) is 36.0 Å². The first kappa shape index (κ1) is 9.91. The Hall–Kier alpha value is -1.63. The maximum atomic E-state index is 11.7. The van der Waals surface area contributed by atoms with Crippen LogP contribution in [-0.4, -0.2) is 5.78 Å². The number of ketones is 1. The third-order valence-electron chi connectivity index (χ3n) is 2.93. The standard InChI is InChI=1S/C14H14O/c1-3-10-6-5-7-13-11(4-2)14(15)9-8-12(10)13/h3,5-9,11H,1,4H2,2H3. The number of hydrogen-bond acceptors (Lipinski definition) is 1. The summed E-state index contributed by atoms with van der Waals surface area (Å²) in [6, 6.07) is 6.06. The summed E-state index contributed by atoms with van der Waals surface area (Å²) in [7, 11) is 0. The highest BCUT2D eigenvalue weighted by Crippen LogP contribution is 2.32. The molecule has 1 heteroatoms. The Labute approximate surface area is 90.1 Å². The lowest BCUT2D eigenvalue weighted by Gasteiger charge is -2.20. The molecule has 1 atom stereocenters. The molecule has 0 heterocycles. The van der Waals surface area contributed by atoms with Crippen LogP contribution in [0, 0.1) is 0 Å². The van der Waals surface area contributed by atoms with Gasteiger partial charge in [-0.3, -0.25) is 4.79 Å². The van der Waals surface area contributed by atoms with Crippen molar-refractivity contribution in [1.29, 1.82) is 0 Å². The van der Waals surface area contributed by atoms with Crippen LogP contribution in [0.2, 0.25) is 0 Å². The van der Waals surface area contributed by atoms with Gasteiger partial charge >= 0.3 is 0 Å². The third kappa shape index (κ3) is 1.54. The molecular weight excluding hydrogens is 184 g/mol. The van der Waals surface area contributed by atoms with E-state index in [4.69, 9.17) is 0 Å². The van der Waals surface area contributed by atoms with Crippen molar-refractivity contribution in [2.45, 2.75) is 19.3 Å². The van der Waals surface area contributed by atoms with E-state index in [1.165, 1.54) is 0 Å². The van der Waals surface area contributed by atoms with Gasteiger partial charge in [0.25, 0.3) is 0 Å². The zero-order valence-corrected chi connectivity index (χ0v) is 8.86. The van der Waals surface area contributed by atoms with Gasteiger partial charge in [0, 0.05) is 5.92 Å². The van der Waals surface area contributed by atoms with Gasteiger partial charge in [0.15, 0.2) is 5.78 Å². The third-order valence-corrected chi connectivity index (χ3v) is 2.93. The SMILES string of the molecule is C=Cc1cccc2c1C=CC(=O)C2CC. The Morgan fingerprint density at radius 1 is 1.40 bits per heavy atom. The monoisotopic (exact) mass is 198 g/mol. The molecule has 76 valence electrons. The van der Waals surface area contributed by atoms with Crippen LogP contribution in [0.25, 0.3) is 12.2 Å². The summed E-state index contributed by atoms with van der Waals surface area (Å²) < 4.78 is 0. The summed E-state index contributed by atoms with van der Waals surface area (Å²) in [6.07, 6.45) is 6.28. The van der Waals surface area contributed by atoms with Gasteiger partial charge in [-0.1, -0.05) is 43.9 Å². The van der Waals surface area contributed by atoms with Gasteiger partial charge in [0.2, 0.25) is 0 Å². The molecule has 0 saturated carbocycles. The molecule has 0 N–H and O–H groups in total. The number of benzene rings is 1. The fourth-order valence-corrected chi connectivity index (χ4v) is 2.13. The smallest absolute Gasteiger partial charge is 0.163 e. The van der Waals surface area contributed by atoms with E-state index >= 15 is 0 Å². The van der Waals surface area contributed by atoms with Gasteiger partial charge < -0.3 is 0 Å². The van der Waals surface area contributed by atoms with E-state index in [2.05, 4.69) is 6.58 Å². The van der Waals surface area contributed by atoms with Crippen LogP contribution in [0.3, 0.4) is 0 Å².